The van der Waals surface area contributed by atoms with E-state index in [-0.39, 0.29) is 25.0 Å². The smallest absolute Gasteiger partial charge is 0.261 e. The number of carbonyl (C=O) groups is 2. The van der Waals surface area contributed by atoms with Crippen molar-refractivity contribution in [3.8, 4) is 11.5 Å². The second-order valence-electron chi connectivity index (χ2n) is 9.68. The second kappa shape index (κ2) is 13.0. The lowest BCUT2D eigenvalue weighted by Crippen LogP contribution is -2.55. The van der Waals surface area contributed by atoms with Crippen molar-refractivity contribution in [1.82, 2.24) is 10.2 Å². The van der Waals surface area contributed by atoms with Crippen LogP contribution in [0.5, 0.6) is 11.5 Å². The molecular formula is C29H32BrClN2O4. The van der Waals surface area contributed by atoms with Gasteiger partial charge in [-0.15, -0.1) is 0 Å². The first-order valence-corrected chi connectivity index (χ1v) is 13.1. The lowest BCUT2D eigenvalue weighted by atomic mass is 10.0. The summed E-state index contributed by atoms with van der Waals surface area (Å²) in [6.07, 6.45) is 0.350. The number of methoxy groups -OCH3 is 1. The van der Waals surface area contributed by atoms with Crippen LogP contribution in [0.2, 0.25) is 5.02 Å². The van der Waals surface area contributed by atoms with Crippen molar-refractivity contribution in [1.29, 1.82) is 0 Å². The molecule has 1 atom stereocenters. The standard InChI is InChI=1S/C29H32BrClN2O4/c1-29(2,3)32-28(35)25(16-20-9-6-5-7-10-20)33(18-21-11-8-12-23(15-21)36-4)27(34)19-37-26-14-13-22(31)17-24(26)30/h5-15,17,25H,16,18-19H2,1-4H3,(H,32,35). The molecule has 3 aromatic carbocycles. The number of amides is 2. The molecule has 0 saturated heterocycles. The number of halogens is 2. The third-order valence-electron chi connectivity index (χ3n) is 5.50. The molecule has 37 heavy (non-hydrogen) atoms. The summed E-state index contributed by atoms with van der Waals surface area (Å²) in [6, 6.07) is 21.4. The summed E-state index contributed by atoms with van der Waals surface area (Å²) < 4.78 is 11.9. The highest BCUT2D eigenvalue weighted by Crippen LogP contribution is 2.28. The van der Waals surface area contributed by atoms with Crippen molar-refractivity contribution < 1.29 is 19.1 Å². The number of nitrogens with one attached hydrogen (secondary N) is 1. The first kappa shape index (κ1) is 28.5. The molecule has 0 fully saturated rings. The third-order valence-corrected chi connectivity index (χ3v) is 6.36. The van der Waals surface area contributed by atoms with Gasteiger partial charge in [0.1, 0.15) is 17.5 Å². The molecule has 0 aliphatic rings. The first-order valence-electron chi connectivity index (χ1n) is 11.9. The summed E-state index contributed by atoms with van der Waals surface area (Å²) in [5.41, 5.74) is 1.31. The highest BCUT2D eigenvalue weighted by molar-refractivity contribution is 9.10. The molecule has 2 amide bonds. The predicted molar refractivity (Wildman–Crippen MR) is 150 cm³/mol. The van der Waals surface area contributed by atoms with Gasteiger partial charge >= 0.3 is 0 Å². The molecular weight excluding hydrogens is 556 g/mol. The van der Waals surface area contributed by atoms with Crippen LogP contribution in [0.1, 0.15) is 31.9 Å². The van der Waals surface area contributed by atoms with E-state index in [0.717, 1.165) is 11.1 Å². The fourth-order valence-electron chi connectivity index (χ4n) is 3.79. The summed E-state index contributed by atoms with van der Waals surface area (Å²) >= 11 is 9.46. The van der Waals surface area contributed by atoms with Gasteiger partial charge in [-0.25, -0.2) is 0 Å². The molecule has 8 heteroatoms. The average molecular weight is 588 g/mol. The van der Waals surface area contributed by atoms with E-state index in [0.29, 0.717) is 27.4 Å². The molecule has 0 bridgehead atoms. The van der Waals surface area contributed by atoms with Gasteiger partial charge in [0.05, 0.1) is 11.6 Å². The van der Waals surface area contributed by atoms with Crippen LogP contribution in [0.4, 0.5) is 0 Å². The van der Waals surface area contributed by atoms with Crippen LogP contribution in [-0.4, -0.2) is 42.0 Å². The van der Waals surface area contributed by atoms with E-state index in [9.17, 15) is 9.59 Å². The van der Waals surface area contributed by atoms with Crippen molar-refractivity contribution in [2.75, 3.05) is 13.7 Å². The summed E-state index contributed by atoms with van der Waals surface area (Å²) in [6.45, 7) is 5.70. The van der Waals surface area contributed by atoms with Crippen molar-refractivity contribution in [3.63, 3.8) is 0 Å². The van der Waals surface area contributed by atoms with Gasteiger partial charge in [0.15, 0.2) is 6.61 Å². The Hall–Kier alpha value is -3.03. The van der Waals surface area contributed by atoms with E-state index in [1.165, 1.54) is 0 Å². The van der Waals surface area contributed by atoms with Crippen LogP contribution in [0.15, 0.2) is 77.3 Å². The molecule has 3 aromatic rings. The van der Waals surface area contributed by atoms with Crippen LogP contribution in [-0.2, 0) is 22.6 Å². The quantitative estimate of drug-likeness (QED) is 0.314. The number of ether oxygens (including phenoxy) is 2. The second-order valence-corrected chi connectivity index (χ2v) is 11.0. The van der Waals surface area contributed by atoms with Crippen LogP contribution >= 0.6 is 27.5 Å². The lowest BCUT2D eigenvalue weighted by molar-refractivity contribution is -0.143. The normalized spacial score (nSPS) is 11.9. The van der Waals surface area contributed by atoms with Gasteiger partial charge in [0.2, 0.25) is 5.91 Å². The molecule has 0 spiro atoms. The molecule has 0 radical (unpaired) electrons. The minimum absolute atomic E-state index is 0.205. The third kappa shape index (κ3) is 8.79. The number of hydrogen-bond donors (Lipinski definition) is 1. The van der Waals surface area contributed by atoms with Gasteiger partial charge in [-0.2, -0.15) is 0 Å². The molecule has 0 aliphatic carbocycles. The van der Waals surface area contributed by atoms with Crippen molar-refractivity contribution in [3.05, 3.63) is 93.4 Å². The molecule has 1 unspecified atom stereocenters. The Bertz CT molecular complexity index is 1210. The largest absolute Gasteiger partial charge is 0.497 e. The monoisotopic (exact) mass is 586 g/mol. The molecule has 0 saturated carbocycles. The average Bonchev–Trinajstić information content (AvgIpc) is 2.85. The van der Waals surface area contributed by atoms with E-state index in [1.807, 2.05) is 75.4 Å². The minimum Gasteiger partial charge on any atom is -0.497 e. The predicted octanol–water partition coefficient (Wildman–Crippen LogP) is 6.04. The van der Waals surface area contributed by atoms with Crippen LogP contribution in [0.3, 0.4) is 0 Å². The van der Waals surface area contributed by atoms with E-state index in [1.54, 1.807) is 30.2 Å². The Balaban J connectivity index is 1.95. The molecule has 0 aliphatic heterocycles. The zero-order chi connectivity index (χ0) is 27.0. The number of nitrogens with zero attached hydrogens (tertiary/aromatic N) is 1. The van der Waals surface area contributed by atoms with E-state index in [2.05, 4.69) is 21.2 Å². The fourth-order valence-corrected chi connectivity index (χ4v) is 4.59. The van der Waals surface area contributed by atoms with Crippen LogP contribution in [0.25, 0.3) is 0 Å². The van der Waals surface area contributed by atoms with Gasteiger partial charge < -0.3 is 19.7 Å². The van der Waals surface area contributed by atoms with Crippen molar-refractivity contribution in [2.24, 2.45) is 0 Å². The zero-order valence-electron chi connectivity index (χ0n) is 21.5. The topological polar surface area (TPSA) is 67.9 Å². The Morgan fingerprint density at radius 3 is 2.35 bits per heavy atom. The van der Waals surface area contributed by atoms with Gasteiger partial charge in [-0.3, -0.25) is 9.59 Å². The van der Waals surface area contributed by atoms with Gasteiger partial charge in [-0.1, -0.05) is 54.1 Å². The minimum atomic E-state index is -0.766. The lowest BCUT2D eigenvalue weighted by Gasteiger charge is -2.33. The molecule has 3 rings (SSSR count). The summed E-state index contributed by atoms with van der Waals surface area (Å²) in [7, 11) is 1.59. The van der Waals surface area contributed by atoms with E-state index < -0.39 is 11.6 Å². The van der Waals surface area contributed by atoms with Gasteiger partial charge in [0.25, 0.3) is 5.91 Å². The molecule has 0 aromatic heterocycles. The Labute approximate surface area is 232 Å². The molecule has 196 valence electrons. The molecule has 6 nitrogen and oxygen atoms in total. The zero-order valence-corrected chi connectivity index (χ0v) is 23.8. The molecule has 0 heterocycles. The number of benzene rings is 3. The Morgan fingerprint density at radius 2 is 1.70 bits per heavy atom. The maximum atomic E-state index is 13.7. The van der Waals surface area contributed by atoms with E-state index in [4.69, 9.17) is 21.1 Å². The van der Waals surface area contributed by atoms with Gasteiger partial charge in [-0.05, 0) is 78.2 Å². The maximum Gasteiger partial charge on any atom is 0.261 e. The van der Waals surface area contributed by atoms with E-state index >= 15 is 0 Å². The summed E-state index contributed by atoms with van der Waals surface area (Å²) in [5, 5.41) is 3.60. The Morgan fingerprint density at radius 1 is 1.00 bits per heavy atom. The number of rotatable bonds is 10. The molecule has 1 N–H and O–H groups in total. The first-order chi connectivity index (χ1) is 17.6. The number of hydrogen-bond acceptors (Lipinski definition) is 4. The number of carbonyl (C=O) groups excluding carboxylic acids is 2. The van der Waals surface area contributed by atoms with Crippen LogP contribution < -0.4 is 14.8 Å². The van der Waals surface area contributed by atoms with Gasteiger partial charge in [0, 0.05) is 23.5 Å². The van der Waals surface area contributed by atoms with Crippen LogP contribution in [0, 0.1) is 0 Å². The maximum absolute atomic E-state index is 13.7. The SMILES string of the molecule is COc1cccc(CN(C(=O)COc2ccc(Cl)cc2Br)C(Cc2ccccc2)C(=O)NC(C)(C)C)c1. The Kier molecular flexibility index (Phi) is 10.0. The summed E-state index contributed by atoms with van der Waals surface area (Å²) in [4.78, 5) is 28.9. The van der Waals surface area contributed by atoms with Crippen molar-refractivity contribution >= 4 is 39.3 Å². The highest BCUT2D eigenvalue weighted by Gasteiger charge is 2.32. The highest BCUT2D eigenvalue weighted by atomic mass is 79.9. The van der Waals surface area contributed by atoms with Crippen molar-refractivity contribution in [2.45, 2.75) is 45.3 Å². The summed E-state index contributed by atoms with van der Waals surface area (Å²) in [5.74, 6) is 0.595. The fraction of sp³-hybridized carbons (Fsp3) is 0.310.